The summed E-state index contributed by atoms with van der Waals surface area (Å²) in [5.41, 5.74) is 7.65. The number of nitrogens with zero attached hydrogens (tertiary/aromatic N) is 1. The maximum absolute atomic E-state index is 12.5. The first kappa shape index (κ1) is 14.1. The number of benzene rings is 2. The van der Waals surface area contributed by atoms with Gasteiger partial charge in [-0.05, 0) is 36.2 Å². The maximum atomic E-state index is 12.5. The molecule has 0 heterocycles. The second-order valence-corrected chi connectivity index (χ2v) is 6.53. The molecule has 0 aliphatic carbocycles. The number of nitriles is 1. The van der Waals surface area contributed by atoms with Gasteiger partial charge in [-0.25, -0.2) is 8.42 Å². The van der Waals surface area contributed by atoms with Gasteiger partial charge in [-0.2, -0.15) is 5.26 Å². The Morgan fingerprint density at radius 2 is 1.90 bits per heavy atom. The molecule has 0 saturated heterocycles. The van der Waals surface area contributed by atoms with Crippen molar-refractivity contribution < 1.29 is 8.42 Å². The highest BCUT2D eigenvalue weighted by atomic mass is 32.2. The van der Waals surface area contributed by atoms with Gasteiger partial charge in [-0.3, -0.25) is 0 Å². The molecule has 0 saturated carbocycles. The predicted octanol–water partition coefficient (Wildman–Crippen LogP) is 2.42. The Hall–Kier alpha value is -2.32. The second-order valence-electron chi connectivity index (χ2n) is 4.57. The number of sulfone groups is 1. The second kappa shape index (κ2) is 5.35. The summed E-state index contributed by atoms with van der Waals surface area (Å²) in [4.78, 5) is 0.116. The van der Waals surface area contributed by atoms with Gasteiger partial charge in [0, 0.05) is 0 Å². The van der Waals surface area contributed by atoms with Crippen LogP contribution in [0, 0.1) is 18.3 Å². The van der Waals surface area contributed by atoms with Crippen molar-refractivity contribution in [3.05, 3.63) is 59.2 Å². The standard InChI is InChI=1S/C15H14N2O2S/c1-11-6-7-14(17)15(8-11)20(18,19)10-13-5-3-2-4-12(13)9-16/h2-8H,10,17H2,1H3. The van der Waals surface area contributed by atoms with Crippen molar-refractivity contribution in [3.8, 4) is 6.07 Å². The zero-order valence-corrected chi connectivity index (χ0v) is 11.8. The number of hydrogen-bond acceptors (Lipinski definition) is 4. The minimum atomic E-state index is -3.58. The van der Waals surface area contributed by atoms with Crippen LogP contribution < -0.4 is 5.73 Å². The van der Waals surface area contributed by atoms with Gasteiger partial charge >= 0.3 is 0 Å². The fourth-order valence-electron chi connectivity index (χ4n) is 1.95. The molecule has 2 rings (SSSR count). The summed E-state index contributed by atoms with van der Waals surface area (Å²) in [6, 6.07) is 13.6. The average molecular weight is 286 g/mol. The van der Waals surface area contributed by atoms with Crippen molar-refractivity contribution in [1.29, 1.82) is 5.26 Å². The molecule has 20 heavy (non-hydrogen) atoms. The molecule has 5 heteroatoms. The fraction of sp³-hybridized carbons (Fsp3) is 0.133. The summed E-state index contributed by atoms with van der Waals surface area (Å²) in [5.74, 6) is -0.232. The molecule has 0 aliphatic heterocycles. The van der Waals surface area contributed by atoms with E-state index in [9.17, 15) is 8.42 Å². The Bertz CT molecular complexity index is 790. The van der Waals surface area contributed by atoms with Gasteiger partial charge in [-0.15, -0.1) is 0 Å². The van der Waals surface area contributed by atoms with E-state index in [0.29, 0.717) is 11.1 Å². The molecule has 0 atom stereocenters. The third kappa shape index (κ3) is 2.81. The molecule has 0 unspecified atom stereocenters. The molecular formula is C15H14N2O2S. The first-order chi connectivity index (χ1) is 9.44. The van der Waals surface area contributed by atoms with Crippen molar-refractivity contribution in [3.63, 3.8) is 0 Å². The zero-order valence-electron chi connectivity index (χ0n) is 11.0. The molecule has 0 amide bonds. The van der Waals surface area contributed by atoms with Gasteiger partial charge < -0.3 is 5.73 Å². The summed E-state index contributed by atoms with van der Waals surface area (Å²) < 4.78 is 24.9. The van der Waals surface area contributed by atoms with Gasteiger partial charge in [-0.1, -0.05) is 24.3 Å². The van der Waals surface area contributed by atoms with Crippen LogP contribution in [0.2, 0.25) is 0 Å². The number of nitrogen functional groups attached to an aromatic ring is 1. The predicted molar refractivity (Wildman–Crippen MR) is 77.6 cm³/mol. The van der Waals surface area contributed by atoms with Crippen molar-refractivity contribution in [1.82, 2.24) is 0 Å². The van der Waals surface area contributed by atoms with Crippen LogP contribution in [0.4, 0.5) is 5.69 Å². The largest absolute Gasteiger partial charge is 0.398 e. The highest BCUT2D eigenvalue weighted by molar-refractivity contribution is 7.90. The van der Waals surface area contributed by atoms with Crippen molar-refractivity contribution >= 4 is 15.5 Å². The van der Waals surface area contributed by atoms with E-state index < -0.39 is 9.84 Å². The van der Waals surface area contributed by atoms with Crippen LogP contribution in [-0.4, -0.2) is 8.42 Å². The van der Waals surface area contributed by atoms with Gasteiger partial charge in [0.2, 0.25) is 0 Å². The third-order valence-electron chi connectivity index (χ3n) is 2.99. The van der Waals surface area contributed by atoms with E-state index in [-0.39, 0.29) is 16.3 Å². The highest BCUT2D eigenvalue weighted by Crippen LogP contribution is 2.24. The smallest absolute Gasteiger partial charge is 0.184 e. The molecule has 0 aromatic heterocycles. The molecule has 0 bridgehead atoms. The van der Waals surface area contributed by atoms with Gasteiger partial charge in [0.15, 0.2) is 9.84 Å². The molecular weight excluding hydrogens is 272 g/mol. The lowest BCUT2D eigenvalue weighted by Crippen LogP contribution is -2.09. The maximum Gasteiger partial charge on any atom is 0.184 e. The van der Waals surface area contributed by atoms with Crippen LogP contribution in [-0.2, 0) is 15.6 Å². The van der Waals surface area contributed by atoms with E-state index in [0.717, 1.165) is 5.56 Å². The van der Waals surface area contributed by atoms with Crippen LogP contribution in [0.3, 0.4) is 0 Å². The lowest BCUT2D eigenvalue weighted by atomic mass is 10.1. The van der Waals surface area contributed by atoms with E-state index in [2.05, 4.69) is 0 Å². The number of aryl methyl sites for hydroxylation is 1. The number of nitrogens with two attached hydrogens (primary N) is 1. The summed E-state index contributed by atoms with van der Waals surface area (Å²) in [6.07, 6.45) is 0. The van der Waals surface area contributed by atoms with Gasteiger partial charge in [0.1, 0.15) is 0 Å². The van der Waals surface area contributed by atoms with Crippen LogP contribution in [0.25, 0.3) is 0 Å². The monoisotopic (exact) mass is 286 g/mol. The Morgan fingerprint density at radius 1 is 1.20 bits per heavy atom. The Kier molecular flexibility index (Phi) is 3.77. The Labute approximate surface area is 118 Å². The van der Waals surface area contributed by atoms with Crippen molar-refractivity contribution in [2.75, 3.05) is 5.73 Å². The Balaban J connectivity index is 2.47. The average Bonchev–Trinajstić information content (AvgIpc) is 2.41. The Morgan fingerprint density at radius 3 is 2.60 bits per heavy atom. The minimum absolute atomic E-state index is 0.116. The normalized spacial score (nSPS) is 11.0. The topological polar surface area (TPSA) is 84.0 Å². The van der Waals surface area contributed by atoms with E-state index in [1.165, 1.54) is 0 Å². The molecule has 2 aromatic rings. The third-order valence-corrected chi connectivity index (χ3v) is 4.70. The van der Waals surface area contributed by atoms with Gasteiger partial charge in [0.05, 0.1) is 28.0 Å². The number of anilines is 1. The summed E-state index contributed by atoms with van der Waals surface area (Å²) in [7, 11) is -3.58. The van der Waals surface area contributed by atoms with Crippen LogP contribution in [0.15, 0.2) is 47.4 Å². The van der Waals surface area contributed by atoms with Gasteiger partial charge in [0.25, 0.3) is 0 Å². The fourth-order valence-corrected chi connectivity index (χ4v) is 3.56. The molecule has 0 fully saturated rings. The van der Waals surface area contributed by atoms with Crippen molar-refractivity contribution in [2.45, 2.75) is 17.6 Å². The SMILES string of the molecule is Cc1ccc(N)c(S(=O)(=O)Cc2ccccc2C#N)c1. The summed E-state index contributed by atoms with van der Waals surface area (Å²) in [5, 5.41) is 9.02. The zero-order chi connectivity index (χ0) is 14.8. The summed E-state index contributed by atoms with van der Waals surface area (Å²) in [6.45, 7) is 1.81. The molecule has 0 spiro atoms. The van der Waals surface area contributed by atoms with E-state index in [1.807, 2.05) is 13.0 Å². The number of hydrogen-bond donors (Lipinski definition) is 1. The van der Waals surface area contributed by atoms with E-state index in [1.54, 1.807) is 42.5 Å². The highest BCUT2D eigenvalue weighted by Gasteiger charge is 2.20. The molecule has 2 aromatic carbocycles. The molecule has 102 valence electrons. The lowest BCUT2D eigenvalue weighted by molar-refractivity contribution is 0.595. The first-order valence-corrected chi connectivity index (χ1v) is 7.66. The molecule has 2 N–H and O–H groups in total. The number of rotatable bonds is 3. The van der Waals surface area contributed by atoms with Crippen molar-refractivity contribution in [2.24, 2.45) is 0 Å². The first-order valence-electron chi connectivity index (χ1n) is 6.01. The van der Waals surface area contributed by atoms with Crippen LogP contribution >= 0.6 is 0 Å². The summed E-state index contributed by atoms with van der Waals surface area (Å²) >= 11 is 0. The molecule has 0 radical (unpaired) electrons. The van der Waals surface area contributed by atoms with Crippen LogP contribution in [0.1, 0.15) is 16.7 Å². The lowest BCUT2D eigenvalue weighted by Gasteiger charge is -2.09. The molecule has 4 nitrogen and oxygen atoms in total. The van der Waals surface area contributed by atoms with E-state index in [4.69, 9.17) is 11.0 Å². The van der Waals surface area contributed by atoms with Crippen LogP contribution in [0.5, 0.6) is 0 Å². The van der Waals surface area contributed by atoms with E-state index >= 15 is 0 Å². The quantitative estimate of drug-likeness (QED) is 0.878. The minimum Gasteiger partial charge on any atom is -0.398 e. The molecule has 0 aliphatic rings.